The van der Waals surface area contributed by atoms with Crippen molar-refractivity contribution in [3.63, 3.8) is 0 Å². The van der Waals surface area contributed by atoms with Gasteiger partial charge in [0.1, 0.15) is 5.60 Å². The first kappa shape index (κ1) is 13.1. The van der Waals surface area contributed by atoms with E-state index in [1.54, 1.807) is 0 Å². The highest BCUT2D eigenvalue weighted by Crippen LogP contribution is 2.41. The lowest BCUT2D eigenvalue weighted by Crippen LogP contribution is -2.39. The molecular formula is C15H20O3. The molecule has 0 amide bonds. The fraction of sp³-hybridized carbons (Fsp3) is 0.533. The molecule has 2 unspecified atom stereocenters. The molecule has 0 aliphatic heterocycles. The van der Waals surface area contributed by atoms with Gasteiger partial charge in [-0.15, -0.1) is 0 Å². The fourth-order valence-corrected chi connectivity index (χ4v) is 3.08. The second kappa shape index (κ2) is 5.11. The third kappa shape index (κ3) is 2.15. The Hall–Kier alpha value is -1.35. The Kier molecular flexibility index (Phi) is 3.71. The van der Waals surface area contributed by atoms with E-state index in [0.29, 0.717) is 12.8 Å². The average Bonchev–Trinajstić information content (AvgIpc) is 2.51. The maximum atomic E-state index is 11.4. The number of benzene rings is 1. The van der Waals surface area contributed by atoms with Crippen LogP contribution in [0, 0.1) is 5.92 Å². The molecule has 2 atom stereocenters. The number of rotatable bonds is 3. The number of carboxylic acids is 1. The molecule has 1 aliphatic rings. The number of aryl methyl sites for hydroxylation is 1. The molecule has 18 heavy (non-hydrogen) atoms. The summed E-state index contributed by atoms with van der Waals surface area (Å²) < 4.78 is 0. The van der Waals surface area contributed by atoms with Crippen LogP contribution in [0.4, 0.5) is 0 Å². The SMILES string of the molecule is CCC(C(=O)O)C1(O)CCCCc2ccccc21. The largest absolute Gasteiger partial charge is 0.481 e. The quantitative estimate of drug-likeness (QED) is 0.809. The molecule has 3 heteroatoms. The van der Waals surface area contributed by atoms with Crippen LogP contribution in [-0.4, -0.2) is 16.2 Å². The average molecular weight is 248 g/mol. The van der Waals surface area contributed by atoms with Crippen LogP contribution in [-0.2, 0) is 16.8 Å². The summed E-state index contributed by atoms with van der Waals surface area (Å²) in [5, 5.41) is 20.3. The van der Waals surface area contributed by atoms with Crippen molar-refractivity contribution >= 4 is 5.97 Å². The van der Waals surface area contributed by atoms with Crippen molar-refractivity contribution in [1.82, 2.24) is 0 Å². The predicted molar refractivity (Wildman–Crippen MR) is 69.3 cm³/mol. The predicted octanol–water partition coefficient (Wildman–Crippen LogP) is 2.71. The second-order valence-electron chi connectivity index (χ2n) is 5.09. The van der Waals surface area contributed by atoms with Crippen molar-refractivity contribution in [2.75, 3.05) is 0 Å². The summed E-state index contributed by atoms with van der Waals surface area (Å²) in [6.07, 6.45) is 3.79. The zero-order valence-electron chi connectivity index (χ0n) is 10.7. The molecule has 2 rings (SSSR count). The highest BCUT2D eigenvalue weighted by atomic mass is 16.4. The summed E-state index contributed by atoms with van der Waals surface area (Å²) in [6, 6.07) is 7.71. The van der Waals surface area contributed by atoms with Crippen LogP contribution in [0.15, 0.2) is 24.3 Å². The van der Waals surface area contributed by atoms with Crippen molar-refractivity contribution in [3.05, 3.63) is 35.4 Å². The molecule has 0 bridgehead atoms. The molecule has 1 aromatic carbocycles. The Labute approximate surface area is 107 Å². The minimum absolute atomic E-state index is 0.445. The third-order valence-electron chi connectivity index (χ3n) is 4.02. The lowest BCUT2D eigenvalue weighted by molar-refractivity contribution is -0.154. The van der Waals surface area contributed by atoms with Crippen LogP contribution in [0.25, 0.3) is 0 Å². The molecular weight excluding hydrogens is 228 g/mol. The third-order valence-corrected chi connectivity index (χ3v) is 4.02. The molecule has 1 aliphatic carbocycles. The fourth-order valence-electron chi connectivity index (χ4n) is 3.08. The molecule has 0 spiro atoms. The van der Waals surface area contributed by atoms with Crippen LogP contribution >= 0.6 is 0 Å². The maximum absolute atomic E-state index is 11.4. The van der Waals surface area contributed by atoms with Gasteiger partial charge in [0.05, 0.1) is 5.92 Å². The Bertz CT molecular complexity index is 441. The zero-order chi connectivity index (χ0) is 13.2. The summed E-state index contributed by atoms with van der Waals surface area (Å²) in [5.74, 6) is -1.63. The number of fused-ring (bicyclic) bond motifs is 1. The van der Waals surface area contributed by atoms with Gasteiger partial charge >= 0.3 is 5.97 Å². The van der Waals surface area contributed by atoms with Crippen LogP contribution in [0.3, 0.4) is 0 Å². The second-order valence-corrected chi connectivity index (χ2v) is 5.09. The van der Waals surface area contributed by atoms with Gasteiger partial charge in [0.15, 0.2) is 0 Å². The smallest absolute Gasteiger partial charge is 0.309 e. The molecule has 0 heterocycles. The van der Waals surface area contributed by atoms with Gasteiger partial charge in [-0.3, -0.25) is 4.79 Å². The number of aliphatic carboxylic acids is 1. The standard InChI is InChI=1S/C15H20O3/c1-2-12(14(16)17)15(18)10-6-5-8-11-7-3-4-9-13(11)15/h3-4,7,9,12,18H,2,5-6,8,10H2,1H3,(H,16,17). The van der Waals surface area contributed by atoms with Gasteiger partial charge in [0.2, 0.25) is 0 Å². The normalized spacial score (nSPS) is 25.0. The monoisotopic (exact) mass is 248 g/mol. The van der Waals surface area contributed by atoms with Crippen molar-refractivity contribution < 1.29 is 15.0 Å². The molecule has 3 nitrogen and oxygen atoms in total. The molecule has 0 radical (unpaired) electrons. The Morgan fingerprint density at radius 2 is 2.11 bits per heavy atom. The van der Waals surface area contributed by atoms with Gasteiger partial charge in [-0.25, -0.2) is 0 Å². The maximum Gasteiger partial charge on any atom is 0.309 e. The van der Waals surface area contributed by atoms with Crippen LogP contribution in [0.2, 0.25) is 0 Å². The Morgan fingerprint density at radius 3 is 2.78 bits per heavy atom. The molecule has 0 saturated carbocycles. The molecule has 0 saturated heterocycles. The molecule has 0 aromatic heterocycles. The van der Waals surface area contributed by atoms with E-state index in [1.807, 2.05) is 31.2 Å². The number of hydrogen-bond acceptors (Lipinski definition) is 2. The van der Waals surface area contributed by atoms with E-state index < -0.39 is 17.5 Å². The van der Waals surface area contributed by atoms with Crippen molar-refractivity contribution in [3.8, 4) is 0 Å². The van der Waals surface area contributed by atoms with E-state index in [9.17, 15) is 15.0 Å². The van der Waals surface area contributed by atoms with Crippen molar-refractivity contribution in [2.45, 2.75) is 44.6 Å². The Balaban J connectivity index is 2.51. The van der Waals surface area contributed by atoms with E-state index in [2.05, 4.69) is 0 Å². The number of hydrogen-bond donors (Lipinski definition) is 2. The van der Waals surface area contributed by atoms with Gasteiger partial charge < -0.3 is 10.2 Å². The van der Waals surface area contributed by atoms with Crippen molar-refractivity contribution in [2.24, 2.45) is 5.92 Å². The van der Waals surface area contributed by atoms with Crippen LogP contribution in [0.5, 0.6) is 0 Å². The van der Waals surface area contributed by atoms with Gasteiger partial charge in [-0.2, -0.15) is 0 Å². The van der Waals surface area contributed by atoms with Crippen molar-refractivity contribution in [1.29, 1.82) is 0 Å². The van der Waals surface area contributed by atoms with E-state index in [1.165, 1.54) is 0 Å². The van der Waals surface area contributed by atoms with Gasteiger partial charge in [0.25, 0.3) is 0 Å². The first-order valence-electron chi connectivity index (χ1n) is 6.63. The lowest BCUT2D eigenvalue weighted by atomic mass is 9.76. The number of carboxylic acid groups (broad SMARTS) is 1. The van der Waals surface area contributed by atoms with Crippen LogP contribution in [0.1, 0.15) is 43.7 Å². The molecule has 0 fully saturated rings. The van der Waals surface area contributed by atoms with E-state index in [4.69, 9.17) is 0 Å². The molecule has 1 aromatic rings. The minimum atomic E-state index is -1.21. The lowest BCUT2D eigenvalue weighted by Gasteiger charge is -2.34. The van der Waals surface area contributed by atoms with Gasteiger partial charge in [-0.1, -0.05) is 31.2 Å². The number of aliphatic hydroxyl groups is 1. The first-order chi connectivity index (χ1) is 8.59. The molecule has 98 valence electrons. The topological polar surface area (TPSA) is 57.5 Å². The minimum Gasteiger partial charge on any atom is -0.481 e. The van der Waals surface area contributed by atoms with E-state index in [0.717, 1.165) is 30.4 Å². The molecule has 2 N–H and O–H groups in total. The van der Waals surface area contributed by atoms with Gasteiger partial charge in [-0.05, 0) is 43.2 Å². The summed E-state index contributed by atoms with van der Waals surface area (Å²) in [6.45, 7) is 1.82. The first-order valence-corrected chi connectivity index (χ1v) is 6.63. The van der Waals surface area contributed by atoms with Gasteiger partial charge in [0, 0.05) is 0 Å². The Morgan fingerprint density at radius 1 is 1.39 bits per heavy atom. The highest BCUT2D eigenvalue weighted by Gasteiger charge is 2.43. The summed E-state index contributed by atoms with van der Waals surface area (Å²) >= 11 is 0. The summed E-state index contributed by atoms with van der Waals surface area (Å²) in [7, 11) is 0. The van der Waals surface area contributed by atoms with E-state index >= 15 is 0 Å². The number of carbonyl (C=O) groups is 1. The zero-order valence-corrected chi connectivity index (χ0v) is 10.7. The van der Waals surface area contributed by atoms with Crippen LogP contribution < -0.4 is 0 Å². The summed E-state index contributed by atoms with van der Waals surface area (Å²) in [5.41, 5.74) is 0.696. The highest BCUT2D eigenvalue weighted by molar-refractivity contribution is 5.72. The van der Waals surface area contributed by atoms with E-state index in [-0.39, 0.29) is 0 Å². The summed E-state index contributed by atoms with van der Waals surface area (Å²) in [4.78, 5) is 11.4.